The minimum absolute atomic E-state index is 0.411. The topological polar surface area (TPSA) is 68.1 Å². The maximum absolute atomic E-state index is 5.16. The lowest BCUT2D eigenvalue weighted by molar-refractivity contribution is 0.178. The molecule has 1 aliphatic heterocycles. The van der Waals surface area contributed by atoms with Gasteiger partial charge in [-0.15, -0.1) is 0 Å². The first kappa shape index (κ1) is 13.8. The predicted molar refractivity (Wildman–Crippen MR) is 80.2 cm³/mol. The molecule has 1 N–H and O–H groups in total. The van der Waals surface area contributed by atoms with Gasteiger partial charge in [0.15, 0.2) is 5.82 Å². The Morgan fingerprint density at radius 2 is 2.24 bits per heavy atom. The summed E-state index contributed by atoms with van der Waals surface area (Å²) in [6, 6.07) is 1.99. The molecule has 0 spiro atoms. The van der Waals surface area contributed by atoms with Crippen molar-refractivity contribution in [2.75, 3.05) is 30.4 Å². The minimum Gasteiger partial charge on any atom is -0.377 e. The van der Waals surface area contributed by atoms with E-state index in [-0.39, 0.29) is 0 Å². The molecule has 2 aromatic heterocycles. The van der Waals surface area contributed by atoms with E-state index in [9.17, 15) is 0 Å². The standard InChI is InChI=1S/C14H20N6O/c1-3-15-11-8-13(18-12(17-11)10-21-2)20-7-6-19-5-4-16-14(19)9-20/h4-5,8H,3,6-7,9-10H2,1-2H3,(H,15,17,18). The smallest absolute Gasteiger partial charge is 0.158 e. The maximum atomic E-state index is 5.16. The van der Waals surface area contributed by atoms with Gasteiger partial charge in [-0.05, 0) is 6.92 Å². The van der Waals surface area contributed by atoms with Gasteiger partial charge in [0.05, 0.1) is 6.54 Å². The Labute approximate surface area is 124 Å². The first-order valence-electron chi connectivity index (χ1n) is 7.16. The Kier molecular flexibility index (Phi) is 4.01. The third-order valence-corrected chi connectivity index (χ3v) is 3.46. The molecule has 7 nitrogen and oxygen atoms in total. The lowest BCUT2D eigenvalue weighted by Gasteiger charge is -2.29. The summed E-state index contributed by atoms with van der Waals surface area (Å²) in [5.74, 6) is 3.52. The van der Waals surface area contributed by atoms with Gasteiger partial charge < -0.3 is 19.5 Å². The lowest BCUT2D eigenvalue weighted by Crippen LogP contribution is -2.34. The van der Waals surface area contributed by atoms with Crippen molar-refractivity contribution >= 4 is 11.6 Å². The molecule has 0 bridgehead atoms. The molecule has 7 heteroatoms. The van der Waals surface area contributed by atoms with Gasteiger partial charge in [0, 0.05) is 45.2 Å². The predicted octanol–water partition coefficient (Wildman–Crippen LogP) is 1.27. The number of ether oxygens (including phenoxy) is 1. The number of nitrogens with zero attached hydrogens (tertiary/aromatic N) is 5. The third-order valence-electron chi connectivity index (χ3n) is 3.46. The average Bonchev–Trinajstić information content (AvgIpc) is 2.95. The summed E-state index contributed by atoms with van der Waals surface area (Å²) >= 11 is 0. The number of fused-ring (bicyclic) bond motifs is 1. The normalized spacial score (nSPS) is 14.1. The number of methoxy groups -OCH3 is 1. The molecule has 0 amide bonds. The zero-order valence-corrected chi connectivity index (χ0v) is 12.4. The van der Waals surface area contributed by atoms with Crippen LogP contribution in [0.25, 0.3) is 0 Å². The van der Waals surface area contributed by atoms with Crippen molar-refractivity contribution in [3.8, 4) is 0 Å². The van der Waals surface area contributed by atoms with Crippen molar-refractivity contribution in [1.82, 2.24) is 19.5 Å². The number of hydrogen-bond donors (Lipinski definition) is 1. The van der Waals surface area contributed by atoms with Gasteiger partial charge in [-0.25, -0.2) is 15.0 Å². The first-order valence-corrected chi connectivity index (χ1v) is 7.16. The highest BCUT2D eigenvalue weighted by Crippen LogP contribution is 2.21. The zero-order valence-electron chi connectivity index (χ0n) is 12.4. The van der Waals surface area contributed by atoms with E-state index in [0.717, 1.165) is 43.6 Å². The highest BCUT2D eigenvalue weighted by atomic mass is 16.5. The molecule has 0 unspecified atom stereocenters. The molecule has 0 saturated heterocycles. The third kappa shape index (κ3) is 2.97. The number of nitrogens with one attached hydrogen (secondary N) is 1. The van der Waals surface area contributed by atoms with Crippen molar-refractivity contribution in [1.29, 1.82) is 0 Å². The molecule has 21 heavy (non-hydrogen) atoms. The van der Waals surface area contributed by atoms with E-state index in [1.807, 2.05) is 18.5 Å². The Hall–Kier alpha value is -2.15. The van der Waals surface area contributed by atoms with E-state index in [0.29, 0.717) is 12.4 Å². The molecule has 3 heterocycles. The fourth-order valence-corrected chi connectivity index (χ4v) is 2.48. The van der Waals surface area contributed by atoms with Crippen LogP contribution in [-0.2, 0) is 24.4 Å². The molecule has 0 radical (unpaired) electrons. The van der Waals surface area contributed by atoms with Crippen molar-refractivity contribution < 1.29 is 4.74 Å². The van der Waals surface area contributed by atoms with Gasteiger partial charge in [-0.3, -0.25) is 0 Å². The van der Waals surface area contributed by atoms with Crippen LogP contribution >= 0.6 is 0 Å². The highest BCUT2D eigenvalue weighted by Gasteiger charge is 2.19. The van der Waals surface area contributed by atoms with Gasteiger partial charge in [-0.2, -0.15) is 0 Å². The van der Waals surface area contributed by atoms with Gasteiger partial charge in [-0.1, -0.05) is 0 Å². The van der Waals surface area contributed by atoms with Crippen LogP contribution in [-0.4, -0.2) is 39.7 Å². The van der Waals surface area contributed by atoms with Crippen LogP contribution in [0.1, 0.15) is 18.6 Å². The molecule has 0 fully saturated rings. The molecule has 3 rings (SSSR count). The van der Waals surface area contributed by atoms with E-state index in [1.54, 1.807) is 7.11 Å². The molecule has 0 atom stereocenters. The van der Waals surface area contributed by atoms with E-state index >= 15 is 0 Å². The fraction of sp³-hybridized carbons (Fsp3) is 0.500. The second kappa shape index (κ2) is 6.09. The van der Waals surface area contributed by atoms with Gasteiger partial charge in [0.25, 0.3) is 0 Å². The first-order chi connectivity index (χ1) is 10.3. The Morgan fingerprint density at radius 1 is 1.33 bits per heavy atom. The monoisotopic (exact) mass is 288 g/mol. The summed E-state index contributed by atoms with van der Waals surface area (Å²) in [7, 11) is 1.65. The second-order valence-corrected chi connectivity index (χ2v) is 4.95. The summed E-state index contributed by atoms with van der Waals surface area (Å²) in [6.45, 7) is 5.90. The van der Waals surface area contributed by atoms with Gasteiger partial charge in [0.2, 0.25) is 0 Å². The van der Waals surface area contributed by atoms with Gasteiger partial charge in [0.1, 0.15) is 24.1 Å². The van der Waals surface area contributed by atoms with Crippen molar-refractivity contribution in [3.05, 3.63) is 30.1 Å². The van der Waals surface area contributed by atoms with E-state index in [1.165, 1.54) is 0 Å². The number of imidazole rings is 1. The summed E-state index contributed by atoms with van der Waals surface area (Å²) in [6.07, 6.45) is 3.87. The molecule has 0 aliphatic carbocycles. The van der Waals surface area contributed by atoms with Gasteiger partial charge >= 0.3 is 0 Å². The summed E-state index contributed by atoms with van der Waals surface area (Å²) in [5.41, 5.74) is 0. The summed E-state index contributed by atoms with van der Waals surface area (Å²) in [5, 5.41) is 3.25. The average molecular weight is 288 g/mol. The van der Waals surface area contributed by atoms with Crippen molar-refractivity contribution in [3.63, 3.8) is 0 Å². The SMILES string of the molecule is CCNc1cc(N2CCn3ccnc3C2)nc(COC)n1. The maximum Gasteiger partial charge on any atom is 0.158 e. The number of aromatic nitrogens is 4. The van der Waals surface area contributed by atoms with Crippen LogP contribution in [0.2, 0.25) is 0 Å². The fourth-order valence-electron chi connectivity index (χ4n) is 2.48. The Morgan fingerprint density at radius 3 is 3.05 bits per heavy atom. The zero-order chi connectivity index (χ0) is 14.7. The Bertz CT molecular complexity index is 587. The van der Waals surface area contributed by atoms with Crippen LogP contribution < -0.4 is 10.2 Å². The highest BCUT2D eigenvalue weighted by molar-refractivity contribution is 5.49. The number of hydrogen-bond acceptors (Lipinski definition) is 6. The van der Waals surface area contributed by atoms with Crippen molar-refractivity contribution in [2.45, 2.75) is 26.6 Å². The molecule has 2 aromatic rings. The van der Waals surface area contributed by atoms with Crippen LogP contribution in [0.4, 0.5) is 11.6 Å². The number of anilines is 2. The summed E-state index contributed by atoms with van der Waals surface area (Å²) < 4.78 is 7.34. The van der Waals surface area contributed by atoms with Crippen LogP contribution in [0, 0.1) is 0 Å². The summed E-state index contributed by atoms with van der Waals surface area (Å²) in [4.78, 5) is 15.7. The second-order valence-electron chi connectivity index (χ2n) is 4.95. The largest absolute Gasteiger partial charge is 0.377 e. The lowest BCUT2D eigenvalue weighted by atomic mass is 10.3. The molecule has 0 aromatic carbocycles. The van der Waals surface area contributed by atoms with Crippen LogP contribution in [0.5, 0.6) is 0 Å². The number of rotatable bonds is 5. The minimum atomic E-state index is 0.411. The molecule has 0 saturated carbocycles. The van der Waals surface area contributed by atoms with Crippen LogP contribution in [0.15, 0.2) is 18.5 Å². The molecular weight excluding hydrogens is 268 g/mol. The molecular formula is C14H20N6O. The molecule has 1 aliphatic rings. The van der Waals surface area contributed by atoms with Crippen molar-refractivity contribution in [2.24, 2.45) is 0 Å². The molecule has 112 valence electrons. The van der Waals surface area contributed by atoms with E-state index < -0.39 is 0 Å². The Balaban J connectivity index is 1.87. The van der Waals surface area contributed by atoms with Crippen LogP contribution in [0.3, 0.4) is 0 Å². The van der Waals surface area contributed by atoms with E-state index in [4.69, 9.17) is 4.74 Å². The quantitative estimate of drug-likeness (QED) is 0.893. The van der Waals surface area contributed by atoms with E-state index in [2.05, 4.69) is 36.7 Å².